The lowest BCUT2D eigenvalue weighted by Gasteiger charge is -2.35. The van der Waals surface area contributed by atoms with Crippen molar-refractivity contribution in [2.45, 2.75) is 82.2 Å². The van der Waals surface area contributed by atoms with E-state index in [0.717, 1.165) is 67.9 Å². The van der Waals surface area contributed by atoms with Crippen molar-refractivity contribution in [3.8, 4) is 11.3 Å². The first-order valence-corrected chi connectivity index (χ1v) is 16.3. The summed E-state index contributed by atoms with van der Waals surface area (Å²) >= 11 is 0. The van der Waals surface area contributed by atoms with Crippen LogP contribution in [0.2, 0.25) is 0 Å². The van der Waals surface area contributed by atoms with Gasteiger partial charge in [-0.2, -0.15) is 5.10 Å². The molecule has 2 aliphatic carbocycles. The SMILES string of the molecule is O=C1CCC(N2C(=O)c3ccc(NCCCC4CC(n5cc(-c6nccc7c6NCCC7)c(C6CC6)n5)C4)cc3C2=O)C(=O)N1. The molecule has 3 fully saturated rings. The summed E-state index contributed by atoms with van der Waals surface area (Å²) in [4.78, 5) is 55.7. The quantitative estimate of drug-likeness (QED) is 0.240. The van der Waals surface area contributed by atoms with E-state index < -0.39 is 23.8 Å². The third-order valence-corrected chi connectivity index (χ3v) is 10.1. The van der Waals surface area contributed by atoms with Gasteiger partial charge in [-0.3, -0.25) is 39.1 Å². The Morgan fingerprint density at radius 1 is 0.956 bits per heavy atom. The molecule has 232 valence electrons. The van der Waals surface area contributed by atoms with E-state index in [1.807, 2.05) is 6.20 Å². The number of aromatic nitrogens is 3. The molecular formula is C34H37N7O4. The van der Waals surface area contributed by atoms with Gasteiger partial charge in [-0.15, -0.1) is 0 Å². The molecule has 45 heavy (non-hydrogen) atoms. The van der Waals surface area contributed by atoms with Crippen molar-refractivity contribution in [1.29, 1.82) is 0 Å². The van der Waals surface area contributed by atoms with Crippen LogP contribution < -0.4 is 16.0 Å². The normalized spacial score (nSPS) is 24.1. The average Bonchev–Trinajstić information content (AvgIpc) is 3.73. The van der Waals surface area contributed by atoms with Gasteiger partial charge in [0.05, 0.1) is 34.2 Å². The summed E-state index contributed by atoms with van der Waals surface area (Å²) in [6.07, 6.45) is 13.5. The predicted molar refractivity (Wildman–Crippen MR) is 167 cm³/mol. The van der Waals surface area contributed by atoms with Gasteiger partial charge in [0, 0.05) is 49.1 Å². The lowest BCUT2D eigenvalue weighted by Crippen LogP contribution is -2.54. The summed E-state index contributed by atoms with van der Waals surface area (Å²) in [5.74, 6) is -0.749. The Labute approximate surface area is 261 Å². The fraction of sp³-hybridized carbons (Fsp3) is 0.471. The van der Waals surface area contributed by atoms with Crippen LogP contribution in [0, 0.1) is 5.92 Å². The number of hydrogen-bond donors (Lipinski definition) is 3. The van der Waals surface area contributed by atoms with Crippen LogP contribution >= 0.6 is 0 Å². The molecule has 2 saturated carbocycles. The predicted octanol–water partition coefficient (Wildman–Crippen LogP) is 4.43. The Kier molecular flexibility index (Phi) is 6.91. The number of pyridine rings is 1. The number of carbonyl (C=O) groups is 4. The van der Waals surface area contributed by atoms with Crippen LogP contribution in [0.1, 0.15) is 102 Å². The molecule has 3 N–H and O–H groups in total. The van der Waals surface area contributed by atoms with E-state index in [1.165, 1.54) is 35.3 Å². The van der Waals surface area contributed by atoms with Crippen LogP contribution in [0.15, 0.2) is 36.7 Å². The van der Waals surface area contributed by atoms with Crippen LogP contribution in [0.3, 0.4) is 0 Å². The number of imide groups is 2. The Morgan fingerprint density at radius 2 is 1.80 bits per heavy atom. The number of amides is 4. The molecule has 1 unspecified atom stereocenters. The maximum atomic E-state index is 13.1. The van der Waals surface area contributed by atoms with Crippen molar-refractivity contribution in [2.24, 2.45) is 5.92 Å². The molecule has 11 heteroatoms. The number of anilines is 2. The highest BCUT2D eigenvalue weighted by molar-refractivity contribution is 6.23. The van der Waals surface area contributed by atoms with Gasteiger partial charge < -0.3 is 10.6 Å². The number of nitrogens with one attached hydrogen (secondary N) is 3. The first-order chi connectivity index (χ1) is 21.9. The number of fused-ring (bicyclic) bond motifs is 2. The molecule has 11 nitrogen and oxygen atoms in total. The smallest absolute Gasteiger partial charge is 0.262 e. The van der Waals surface area contributed by atoms with E-state index in [-0.39, 0.29) is 18.7 Å². The number of rotatable bonds is 9. The van der Waals surface area contributed by atoms with Gasteiger partial charge in [-0.1, -0.05) is 0 Å². The molecule has 5 aliphatic rings. The van der Waals surface area contributed by atoms with Gasteiger partial charge in [-0.25, -0.2) is 0 Å². The highest BCUT2D eigenvalue weighted by Gasteiger charge is 2.44. The van der Waals surface area contributed by atoms with Crippen molar-refractivity contribution >= 4 is 35.0 Å². The number of benzene rings is 1. The van der Waals surface area contributed by atoms with Crippen LogP contribution in [-0.4, -0.2) is 62.4 Å². The van der Waals surface area contributed by atoms with Crippen molar-refractivity contribution < 1.29 is 19.2 Å². The maximum absolute atomic E-state index is 13.1. The van der Waals surface area contributed by atoms with Crippen molar-refractivity contribution in [1.82, 2.24) is 25.0 Å². The molecule has 2 aromatic heterocycles. The third-order valence-electron chi connectivity index (χ3n) is 10.1. The minimum atomic E-state index is -0.955. The average molecular weight is 608 g/mol. The molecule has 3 aromatic rings. The van der Waals surface area contributed by atoms with Crippen molar-refractivity contribution in [2.75, 3.05) is 23.7 Å². The zero-order valence-corrected chi connectivity index (χ0v) is 25.2. The minimum absolute atomic E-state index is 0.104. The van der Waals surface area contributed by atoms with Crippen LogP contribution in [0.5, 0.6) is 0 Å². The van der Waals surface area contributed by atoms with Gasteiger partial charge >= 0.3 is 0 Å². The van der Waals surface area contributed by atoms with E-state index in [0.29, 0.717) is 29.0 Å². The third kappa shape index (κ3) is 5.07. The lowest BCUT2D eigenvalue weighted by atomic mass is 9.77. The maximum Gasteiger partial charge on any atom is 0.262 e. The van der Waals surface area contributed by atoms with E-state index in [2.05, 4.69) is 32.9 Å². The topological polar surface area (TPSA) is 138 Å². The number of hydrogen-bond acceptors (Lipinski definition) is 8. The molecule has 3 aliphatic heterocycles. The lowest BCUT2D eigenvalue weighted by molar-refractivity contribution is -0.136. The summed E-state index contributed by atoms with van der Waals surface area (Å²) in [7, 11) is 0. The minimum Gasteiger partial charge on any atom is -0.385 e. The molecule has 4 amide bonds. The molecule has 8 rings (SSSR count). The van der Waals surface area contributed by atoms with E-state index in [9.17, 15) is 19.2 Å². The van der Waals surface area contributed by atoms with Gasteiger partial charge in [-0.05, 0) is 93.5 Å². The fourth-order valence-electron chi connectivity index (χ4n) is 7.39. The summed E-state index contributed by atoms with van der Waals surface area (Å²) in [6, 6.07) is 6.75. The molecule has 1 aromatic carbocycles. The monoisotopic (exact) mass is 607 g/mol. The van der Waals surface area contributed by atoms with E-state index >= 15 is 0 Å². The standard InChI is InChI=1S/C34H37N7O4/c42-28-10-9-27(32(43)38-28)41-33(44)24-8-7-22(17-25(24)34(41)45)35-12-1-3-19-15-23(16-19)40-18-26(29(39-40)21-5-6-21)31-30-20(11-14-37-31)4-2-13-36-30/h7-8,11,14,17-19,21,23,27,35-36H,1-6,9-10,12-13,15-16H2,(H,38,42,43). The first kappa shape index (κ1) is 28.0. The zero-order chi connectivity index (χ0) is 30.7. The second-order valence-corrected chi connectivity index (χ2v) is 13.2. The summed E-state index contributed by atoms with van der Waals surface area (Å²) in [6.45, 7) is 1.75. The van der Waals surface area contributed by atoms with E-state index in [1.54, 1.807) is 18.2 Å². The molecule has 1 saturated heterocycles. The molecule has 5 heterocycles. The van der Waals surface area contributed by atoms with Gasteiger partial charge in [0.25, 0.3) is 11.8 Å². The summed E-state index contributed by atoms with van der Waals surface area (Å²) in [5, 5.41) is 14.4. The second kappa shape index (κ2) is 11.1. The Morgan fingerprint density at radius 3 is 2.62 bits per heavy atom. The second-order valence-electron chi connectivity index (χ2n) is 13.2. The number of aryl methyl sites for hydroxylation is 1. The van der Waals surface area contributed by atoms with Gasteiger partial charge in [0.2, 0.25) is 11.8 Å². The zero-order valence-electron chi connectivity index (χ0n) is 25.2. The summed E-state index contributed by atoms with van der Waals surface area (Å²) < 4.78 is 2.21. The Bertz CT molecular complexity index is 1720. The van der Waals surface area contributed by atoms with Gasteiger partial charge in [0.15, 0.2) is 0 Å². The first-order valence-electron chi connectivity index (χ1n) is 16.3. The van der Waals surface area contributed by atoms with Crippen LogP contribution in [-0.2, 0) is 16.0 Å². The molecular weight excluding hydrogens is 570 g/mol. The van der Waals surface area contributed by atoms with Crippen LogP contribution in [0.4, 0.5) is 11.4 Å². The highest BCUT2D eigenvalue weighted by Crippen LogP contribution is 2.47. The molecule has 0 bridgehead atoms. The van der Waals surface area contributed by atoms with Crippen LogP contribution in [0.25, 0.3) is 11.3 Å². The van der Waals surface area contributed by atoms with E-state index in [4.69, 9.17) is 10.1 Å². The van der Waals surface area contributed by atoms with Crippen molar-refractivity contribution in [3.05, 3.63) is 59.0 Å². The van der Waals surface area contributed by atoms with Gasteiger partial charge in [0.1, 0.15) is 6.04 Å². The summed E-state index contributed by atoms with van der Waals surface area (Å²) in [5.41, 5.74) is 7.38. The molecule has 0 spiro atoms. The number of piperidine rings is 1. The molecule has 0 radical (unpaired) electrons. The largest absolute Gasteiger partial charge is 0.385 e. The Balaban J connectivity index is 0.853. The number of carbonyl (C=O) groups excluding carboxylic acids is 4. The van der Waals surface area contributed by atoms with Crippen molar-refractivity contribution in [3.63, 3.8) is 0 Å². The fourth-order valence-corrected chi connectivity index (χ4v) is 7.39. The number of nitrogens with zero attached hydrogens (tertiary/aromatic N) is 4. The molecule has 1 atom stereocenters. The Hall–Kier alpha value is -4.54. The highest BCUT2D eigenvalue weighted by atomic mass is 16.2.